The molecule has 0 bridgehead atoms. The van der Waals surface area contributed by atoms with Gasteiger partial charge in [0, 0.05) is 22.0 Å². The number of aromatic nitrogens is 4. The van der Waals surface area contributed by atoms with Gasteiger partial charge in [0.1, 0.15) is 10.7 Å². The third-order valence-electron chi connectivity index (χ3n) is 3.69. The Balaban J connectivity index is 1.60. The van der Waals surface area contributed by atoms with Crippen molar-refractivity contribution >= 4 is 33.8 Å². The maximum absolute atomic E-state index is 4.70. The second-order valence-corrected chi connectivity index (χ2v) is 7.52. The fourth-order valence-corrected chi connectivity index (χ4v) is 3.92. The van der Waals surface area contributed by atoms with Crippen LogP contribution in [-0.2, 0) is 0 Å². The van der Waals surface area contributed by atoms with Crippen LogP contribution in [0.3, 0.4) is 0 Å². The van der Waals surface area contributed by atoms with Gasteiger partial charge in [-0.2, -0.15) is 0 Å². The zero-order chi connectivity index (χ0) is 17.2. The molecule has 0 aliphatic rings. The summed E-state index contributed by atoms with van der Waals surface area (Å²) < 4.78 is 0. The predicted octanol–water partition coefficient (Wildman–Crippen LogP) is 5.08. The summed E-state index contributed by atoms with van der Waals surface area (Å²) >= 11 is 3.21. The van der Waals surface area contributed by atoms with Gasteiger partial charge in [0.15, 0.2) is 5.13 Å². The second kappa shape index (κ2) is 6.70. The molecule has 5 nitrogen and oxygen atoms in total. The Bertz CT molecular complexity index is 988. The Kier molecular flexibility index (Phi) is 4.25. The lowest BCUT2D eigenvalue weighted by Gasteiger charge is -2.02. The van der Waals surface area contributed by atoms with E-state index in [0.29, 0.717) is 5.95 Å². The number of anilines is 2. The molecule has 0 aliphatic carbocycles. The van der Waals surface area contributed by atoms with Crippen LogP contribution in [-0.4, -0.2) is 19.9 Å². The molecule has 0 fully saturated rings. The van der Waals surface area contributed by atoms with Crippen molar-refractivity contribution in [2.45, 2.75) is 13.8 Å². The first-order valence-corrected chi connectivity index (χ1v) is 9.44. The molecule has 0 radical (unpaired) electrons. The summed E-state index contributed by atoms with van der Waals surface area (Å²) in [6, 6.07) is 12.0. The number of nitrogens with zero attached hydrogens (tertiary/aromatic N) is 4. The maximum atomic E-state index is 4.70. The van der Waals surface area contributed by atoms with E-state index in [4.69, 9.17) is 4.98 Å². The summed E-state index contributed by atoms with van der Waals surface area (Å²) in [5.74, 6) is 0.528. The van der Waals surface area contributed by atoms with E-state index in [2.05, 4.69) is 39.3 Å². The van der Waals surface area contributed by atoms with Crippen molar-refractivity contribution < 1.29 is 0 Å². The molecule has 0 atom stereocenters. The van der Waals surface area contributed by atoms with E-state index in [9.17, 15) is 0 Å². The van der Waals surface area contributed by atoms with Gasteiger partial charge in [-0.05, 0) is 19.9 Å². The van der Waals surface area contributed by atoms with Gasteiger partial charge in [0.2, 0.25) is 5.95 Å². The Morgan fingerprint density at radius 1 is 0.920 bits per heavy atom. The van der Waals surface area contributed by atoms with Gasteiger partial charge >= 0.3 is 0 Å². The Labute approximate surface area is 153 Å². The van der Waals surface area contributed by atoms with Crippen LogP contribution < -0.4 is 5.32 Å². The standard InChI is InChI=1S/C18H15N5S2/c1-11-12(2)25-18(20-11)23-17-19-9-8-14(22-17)15-10-24-16(21-15)13-6-4-3-5-7-13/h3-10H,1-2H3,(H,19,20,22,23). The topological polar surface area (TPSA) is 63.6 Å². The zero-order valence-electron chi connectivity index (χ0n) is 13.7. The van der Waals surface area contributed by atoms with E-state index < -0.39 is 0 Å². The normalized spacial score (nSPS) is 10.8. The summed E-state index contributed by atoms with van der Waals surface area (Å²) in [5.41, 5.74) is 3.78. The maximum Gasteiger partial charge on any atom is 0.229 e. The lowest BCUT2D eigenvalue weighted by Crippen LogP contribution is -1.97. The third kappa shape index (κ3) is 3.42. The van der Waals surface area contributed by atoms with Gasteiger partial charge in [-0.25, -0.2) is 19.9 Å². The van der Waals surface area contributed by atoms with E-state index >= 15 is 0 Å². The van der Waals surface area contributed by atoms with Crippen molar-refractivity contribution in [3.63, 3.8) is 0 Å². The summed E-state index contributed by atoms with van der Waals surface area (Å²) in [5, 5.41) is 6.98. The largest absolute Gasteiger partial charge is 0.300 e. The molecule has 124 valence electrons. The molecule has 1 N–H and O–H groups in total. The van der Waals surface area contributed by atoms with Gasteiger partial charge in [0.25, 0.3) is 0 Å². The fraction of sp³-hybridized carbons (Fsp3) is 0.111. The molecule has 0 saturated heterocycles. The van der Waals surface area contributed by atoms with Gasteiger partial charge in [-0.3, -0.25) is 0 Å². The summed E-state index contributed by atoms with van der Waals surface area (Å²) in [6.07, 6.45) is 1.74. The Hall–Kier alpha value is -2.64. The fourth-order valence-electron chi connectivity index (χ4n) is 2.29. The van der Waals surface area contributed by atoms with Crippen LogP contribution in [0, 0.1) is 13.8 Å². The molecule has 7 heteroatoms. The molecule has 1 aromatic carbocycles. The van der Waals surface area contributed by atoms with Crippen LogP contribution in [0.5, 0.6) is 0 Å². The molecule has 0 amide bonds. The van der Waals surface area contributed by atoms with E-state index in [1.807, 2.05) is 36.6 Å². The highest BCUT2D eigenvalue weighted by molar-refractivity contribution is 7.15. The number of hydrogen-bond acceptors (Lipinski definition) is 7. The average molecular weight is 365 g/mol. The van der Waals surface area contributed by atoms with E-state index in [0.717, 1.165) is 32.8 Å². The lowest BCUT2D eigenvalue weighted by atomic mass is 10.2. The van der Waals surface area contributed by atoms with Crippen LogP contribution in [0.1, 0.15) is 10.6 Å². The lowest BCUT2D eigenvalue weighted by molar-refractivity contribution is 1.14. The highest BCUT2D eigenvalue weighted by Crippen LogP contribution is 2.29. The van der Waals surface area contributed by atoms with Crippen LogP contribution in [0.25, 0.3) is 22.0 Å². The van der Waals surface area contributed by atoms with Crippen molar-refractivity contribution in [1.29, 1.82) is 0 Å². The van der Waals surface area contributed by atoms with Crippen LogP contribution in [0.15, 0.2) is 48.0 Å². The highest BCUT2D eigenvalue weighted by Gasteiger charge is 2.10. The van der Waals surface area contributed by atoms with Crippen molar-refractivity contribution in [2.24, 2.45) is 0 Å². The average Bonchev–Trinajstić information content (AvgIpc) is 3.23. The van der Waals surface area contributed by atoms with E-state index in [1.165, 1.54) is 4.88 Å². The SMILES string of the molecule is Cc1nc(Nc2nccc(-c3csc(-c4ccccc4)n3)n2)sc1C. The monoisotopic (exact) mass is 365 g/mol. The Morgan fingerprint density at radius 3 is 2.52 bits per heavy atom. The zero-order valence-corrected chi connectivity index (χ0v) is 15.4. The number of rotatable bonds is 4. The molecule has 3 heterocycles. The molecule has 0 aliphatic heterocycles. The first-order chi connectivity index (χ1) is 12.2. The third-order valence-corrected chi connectivity index (χ3v) is 5.57. The molecule has 4 aromatic rings. The van der Waals surface area contributed by atoms with Crippen molar-refractivity contribution in [3.05, 3.63) is 58.5 Å². The number of hydrogen-bond donors (Lipinski definition) is 1. The summed E-state index contributed by atoms with van der Waals surface area (Å²) in [6.45, 7) is 4.05. The van der Waals surface area contributed by atoms with E-state index in [1.54, 1.807) is 28.9 Å². The molecule has 0 spiro atoms. The minimum Gasteiger partial charge on any atom is -0.300 e. The molecule has 25 heavy (non-hydrogen) atoms. The highest BCUT2D eigenvalue weighted by atomic mass is 32.1. The number of aryl methyl sites for hydroxylation is 2. The van der Waals surface area contributed by atoms with Gasteiger partial charge in [0.05, 0.1) is 11.4 Å². The predicted molar refractivity (Wildman–Crippen MR) is 103 cm³/mol. The van der Waals surface area contributed by atoms with Crippen molar-refractivity contribution in [3.8, 4) is 22.0 Å². The molecular formula is C18H15N5S2. The van der Waals surface area contributed by atoms with Crippen molar-refractivity contribution in [2.75, 3.05) is 5.32 Å². The minimum absolute atomic E-state index is 0.528. The second-order valence-electron chi connectivity index (χ2n) is 5.46. The smallest absolute Gasteiger partial charge is 0.229 e. The van der Waals surface area contributed by atoms with Crippen LogP contribution in [0.4, 0.5) is 11.1 Å². The summed E-state index contributed by atoms with van der Waals surface area (Å²) in [7, 11) is 0. The summed E-state index contributed by atoms with van der Waals surface area (Å²) in [4.78, 5) is 19.2. The van der Waals surface area contributed by atoms with Gasteiger partial charge in [-0.1, -0.05) is 30.3 Å². The van der Waals surface area contributed by atoms with Crippen molar-refractivity contribution in [1.82, 2.24) is 19.9 Å². The molecule has 0 saturated carbocycles. The Morgan fingerprint density at radius 2 is 1.76 bits per heavy atom. The first kappa shape index (κ1) is 15.9. The number of nitrogens with one attached hydrogen (secondary N) is 1. The molecule has 3 aromatic heterocycles. The number of thiazole rings is 2. The van der Waals surface area contributed by atoms with Crippen LogP contribution >= 0.6 is 22.7 Å². The van der Waals surface area contributed by atoms with Crippen LogP contribution in [0.2, 0.25) is 0 Å². The first-order valence-electron chi connectivity index (χ1n) is 7.74. The van der Waals surface area contributed by atoms with Gasteiger partial charge in [-0.15, -0.1) is 22.7 Å². The van der Waals surface area contributed by atoms with Gasteiger partial charge < -0.3 is 5.32 Å². The van der Waals surface area contributed by atoms with E-state index in [-0.39, 0.29) is 0 Å². The molecule has 4 rings (SSSR count). The molecule has 0 unspecified atom stereocenters. The minimum atomic E-state index is 0.528. The number of benzene rings is 1. The molecular weight excluding hydrogens is 350 g/mol. The quantitative estimate of drug-likeness (QED) is 0.546.